The lowest BCUT2D eigenvalue weighted by molar-refractivity contribution is -0.298. The van der Waals surface area contributed by atoms with Crippen molar-refractivity contribution in [2.24, 2.45) is 50.2 Å². The highest BCUT2D eigenvalue weighted by Gasteiger charge is 2.72. The van der Waals surface area contributed by atoms with Crippen molar-refractivity contribution in [3.05, 3.63) is 11.6 Å². The van der Waals surface area contributed by atoms with Crippen molar-refractivity contribution in [1.82, 2.24) is 0 Å². The van der Waals surface area contributed by atoms with Crippen LogP contribution in [0.15, 0.2) is 11.6 Å². The van der Waals surface area contributed by atoms with E-state index in [4.69, 9.17) is 9.47 Å². The van der Waals surface area contributed by atoms with Crippen LogP contribution < -0.4 is 0 Å². The topological polar surface area (TPSA) is 194 Å². The van der Waals surface area contributed by atoms with Crippen molar-refractivity contribution in [1.29, 1.82) is 0 Å². The van der Waals surface area contributed by atoms with Crippen LogP contribution in [-0.2, 0) is 19.1 Å². The van der Waals surface area contributed by atoms with Crippen LogP contribution in [0.4, 0.5) is 0 Å². The number of rotatable bonds is 4. The minimum Gasteiger partial charge on any atom is -0.432 e. The number of aliphatic hydroxyl groups excluding tert-OH is 7. The Hall–Kier alpha value is -1.44. The predicted molar refractivity (Wildman–Crippen MR) is 168 cm³/mol. The molecular formula is C36H56O11. The second-order valence-electron chi connectivity index (χ2n) is 17.7. The number of allylic oxidation sites excluding steroid dienone is 1. The van der Waals surface area contributed by atoms with Crippen LogP contribution >= 0.6 is 0 Å². The highest BCUT2D eigenvalue weighted by Crippen LogP contribution is 2.75. The summed E-state index contributed by atoms with van der Waals surface area (Å²) < 4.78 is 11.4. The molecule has 0 aromatic heterocycles. The highest BCUT2D eigenvalue weighted by molar-refractivity contribution is 5.79. The van der Waals surface area contributed by atoms with E-state index in [2.05, 4.69) is 26.8 Å². The van der Waals surface area contributed by atoms with Gasteiger partial charge in [-0.1, -0.05) is 53.2 Å². The molecule has 4 saturated carbocycles. The minimum absolute atomic E-state index is 0.0752. The van der Waals surface area contributed by atoms with Gasteiger partial charge in [-0.25, -0.2) is 0 Å². The van der Waals surface area contributed by atoms with Crippen molar-refractivity contribution >= 4 is 12.3 Å². The third kappa shape index (κ3) is 4.59. The Morgan fingerprint density at radius 2 is 1.55 bits per heavy atom. The number of carbonyl (C=O) groups excluding carboxylic acids is 2. The zero-order valence-electron chi connectivity index (χ0n) is 28.6. The largest absolute Gasteiger partial charge is 0.432 e. The van der Waals surface area contributed by atoms with Gasteiger partial charge in [0.05, 0.1) is 35.7 Å². The summed E-state index contributed by atoms with van der Waals surface area (Å²) >= 11 is 0. The van der Waals surface area contributed by atoms with Gasteiger partial charge in [0.2, 0.25) is 6.29 Å². The molecular weight excluding hydrogens is 608 g/mol. The molecule has 0 bridgehead atoms. The van der Waals surface area contributed by atoms with Gasteiger partial charge in [-0.3, -0.25) is 4.79 Å². The molecule has 266 valence electrons. The molecule has 1 saturated heterocycles. The molecule has 0 unspecified atom stereocenters. The van der Waals surface area contributed by atoms with Crippen LogP contribution in [0, 0.1) is 50.2 Å². The average Bonchev–Trinajstić information content (AvgIpc) is 3.02. The maximum absolute atomic E-state index is 14.4. The molecule has 0 radical (unpaired) electrons. The zero-order chi connectivity index (χ0) is 34.7. The van der Waals surface area contributed by atoms with E-state index in [9.17, 15) is 45.3 Å². The SMILES string of the molecule is CC1(C)CC[C@]2(C(=O)O[C@@H]3O[C@H](CO)[C@@H](O)[C@H](O)[C@H]3O)CC[C@]3(C)C(=CC[C@@H]4[C@@]5(C)C[C@@H](O)[C@H](O)[C@](C)(C=O)[C@@H]5CC[C@]43C)[C@@H]2[C@@H]1O. The van der Waals surface area contributed by atoms with E-state index in [1.165, 1.54) is 0 Å². The Kier molecular flexibility index (Phi) is 8.50. The fraction of sp³-hybridized carbons (Fsp3) is 0.889. The van der Waals surface area contributed by atoms with Crippen LogP contribution in [0.3, 0.4) is 0 Å². The molecule has 5 aliphatic carbocycles. The Morgan fingerprint density at radius 3 is 2.19 bits per heavy atom. The monoisotopic (exact) mass is 664 g/mol. The van der Waals surface area contributed by atoms with Gasteiger partial charge in [-0.15, -0.1) is 0 Å². The molecule has 0 spiro atoms. The first-order valence-electron chi connectivity index (χ1n) is 17.5. The van der Waals surface area contributed by atoms with Gasteiger partial charge in [0.25, 0.3) is 0 Å². The number of ether oxygens (including phenoxy) is 2. The summed E-state index contributed by atoms with van der Waals surface area (Å²) in [7, 11) is 0. The van der Waals surface area contributed by atoms with Crippen molar-refractivity contribution in [2.45, 2.75) is 142 Å². The smallest absolute Gasteiger partial charge is 0.315 e. The van der Waals surface area contributed by atoms with Crippen molar-refractivity contribution in [3.63, 3.8) is 0 Å². The molecule has 7 N–H and O–H groups in total. The fourth-order valence-corrected chi connectivity index (χ4v) is 12.0. The van der Waals surface area contributed by atoms with Crippen LogP contribution in [-0.4, -0.2) is 104 Å². The summed E-state index contributed by atoms with van der Waals surface area (Å²) in [5, 5.41) is 75.2. The molecule has 0 aromatic carbocycles. The maximum Gasteiger partial charge on any atom is 0.315 e. The van der Waals surface area contributed by atoms with E-state index in [1.54, 1.807) is 6.92 Å². The number of aldehydes is 1. The zero-order valence-corrected chi connectivity index (χ0v) is 28.6. The summed E-state index contributed by atoms with van der Waals surface area (Å²) in [5.41, 5.74) is -2.87. The molecule has 11 heteroatoms. The summed E-state index contributed by atoms with van der Waals surface area (Å²) in [6.45, 7) is 11.8. The van der Waals surface area contributed by atoms with Gasteiger partial charge >= 0.3 is 5.97 Å². The Morgan fingerprint density at radius 1 is 0.894 bits per heavy atom. The Balaban J connectivity index is 1.39. The predicted octanol–water partition coefficient (Wildman–Crippen LogP) is 1.61. The van der Waals surface area contributed by atoms with Gasteiger partial charge in [0.15, 0.2) is 0 Å². The number of hydrogen-bond donors (Lipinski definition) is 7. The number of carbonyl (C=O) groups is 2. The Labute approximate surface area is 277 Å². The third-order valence-electron chi connectivity index (χ3n) is 15.3. The van der Waals surface area contributed by atoms with Crippen LogP contribution in [0.1, 0.15) is 92.9 Å². The second kappa shape index (κ2) is 11.3. The van der Waals surface area contributed by atoms with E-state index in [-0.39, 0.29) is 17.3 Å². The first-order chi connectivity index (χ1) is 21.8. The number of hydrogen-bond acceptors (Lipinski definition) is 11. The van der Waals surface area contributed by atoms with Crippen molar-refractivity contribution < 1.29 is 54.8 Å². The molecule has 6 aliphatic rings. The summed E-state index contributed by atoms with van der Waals surface area (Å²) in [6.07, 6.45) is -3.30. The maximum atomic E-state index is 14.4. The van der Waals surface area contributed by atoms with E-state index in [0.29, 0.717) is 44.9 Å². The van der Waals surface area contributed by atoms with Crippen molar-refractivity contribution in [2.75, 3.05) is 6.61 Å². The van der Waals surface area contributed by atoms with Gasteiger partial charge in [0, 0.05) is 5.92 Å². The summed E-state index contributed by atoms with van der Waals surface area (Å²) in [4.78, 5) is 27.0. The first-order valence-corrected chi connectivity index (χ1v) is 17.5. The molecule has 6 rings (SSSR count). The van der Waals surface area contributed by atoms with E-state index < -0.39 is 94.6 Å². The highest BCUT2D eigenvalue weighted by atomic mass is 16.7. The molecule has 0 amide bonds. The van der Waals surface area contributed by atoms with Crippen molar-refractivity contribution in [3.8, 4) is 0 Å². The molecule has 0 aromatic rings. The molecule has 47 heavy (non-hydrogen) atoms. The second-order valence-corrected chi connectivity index (χ2v) is 17.7. The van der Waals surface area contributed by atoms with E-state index in [1.807, 2.05) is 13.8 Å². The number of esters is 1. The molecule has 16 atom stereocenters. The molecule has 1 aliphatic heterocycles. The lowest BCUT2D eigenvalue weighted by atomic mass is 9.33. The van der Waals surface area contributed by atoms with E-state index >= 15 is 0 Å². The summed E-state index contributed by atoms with van der Waals surface area (Å²) in [5.74, 6) is -1.27. The molecule has 1 heterocycles. The van der Waals surface area contributed by atoms with E-state index in [0.717, 1.165) is 18.3 Å². The quantitative estimate of drug-likeness (QED) is 0.131. The summed E-state index contributed by atoms with van der Waals surface area (Å²) in [6, 6.07) is 0. The lowest BCUT2D eigenvalue weighted by Crippen LogP contribution is -2.69. The molecule has 11 nitrogen and oxygen atoms in total. The third-order valence-corrected chi connectivity index (χ3v) is 15.3. The molecule has 5 fully saturated rings. The van der Waals surface area contributed by atoms with Gasteiger partial charge < -0.3 is 50.0 Å². The Bertz CT molecular complexity index is 1300. The lowest BCUT2D eigenvalue weighted by Gasteiger charge is -2.71. The fourth-order valence-electron chi connectivity index (χ4n) is 12.0. The standard InChI is InChI=1S/C36H56O11/c1-31(2)11-13-36(30(45)47-29-26(42)25(41)24(40)20(16-37)46-29)14-12-34(5)18(23(36)28(31)44)7-8-22-32(3)15-19(39)27(43)33(4,17-38)21(32)9-10-35(22,34)6/h7,17,19-29,37,39-44H,8-16H2,1-6H3/t19-,20-,21-,22-,23-,24-,25+,26-,27+,28+,29+,32+,33-,34-,35-,36+/m1/s1. The van der Waals surface area contributed by atoms with Crippen LogP contribution in [0.2, 0.25) is 0 Å². The first kappa shape index (κ1) is 35.4. The van der Waals surface area contributed by atoms with Gasteiger partial charge in [0.1, 0.15) is 30.7 Å². The average molecular weight is 665 g/mol. The van der Waals surface area contributed by atoms with Gasteiger partial charge in [-0.2, -0.15) is 0 Å². The van der Waals surface area contributed by atoms with Crippen LogP contribution in [0.25, 0.3) is 0 Å². The normalized spacial score (nSPS) is 55.3. The van der Waals surface area contributed by atoms with Gasteiger partial charge in [-0.05, 0) is 84.9 Å². The van der Waals surface area contributed by atoms with Crippen LogP contribution in [0.5, 0.6) is 0 Å². The minimum atomic E-state index is -1.73. The number of aliphatic hydroxyl groups is 7. The number of fused-ring (bicyclic) bond motifs is 7.